The van der Waals surface area contributed by atoms with Gasteiger partial charge in [-0.1, -0.05) is 32.4 Å². The third kappa shape index (κ3) is 5.42. The number of nitrogens with one attached hydrogen (secondary N) is 1. The van der Waals surface area contributed by atoms with Crippen LogP contribution in [0.2, 0.25) is 5.02 Å². The van der Waals surface area contributed by atoms with E-state index in [-0.39, 0.29) is 0 Å². The zero-order valence-corrected chi connectivity index (χ0v) is 11.6. The summed E-state index contributed by atoms with van der Waals surface area (Å²) in [6.07, 6.45) is 1.14. The number of rotatable bonds is 7. The second-order valence-corrected chi connectivity index (χ2v) is 5.01. The SMILES string of the molecule is CCCNC(COc1ccc(Cl)cc1)C(C)C. The molecule has 1 aromatic carbocycles. The third-order valence-electron chi connectivity index (χ3n) is 2.70. The molecule has 1 N–H and O–H groups in total. The molecule has 3 heteroatoms. The summed E-state index contributed by atoms with van der Waals surface area (Å²) in [5, 5.41) is 4.24. The van der Waals surface area contributed by atoms with Gasteiger partial charge in [-0.3, -0.25) is 0 Å². The molecular formula is C14H22ClNO. The molecule has 1 atom stereocenters. The summed E-state index contributed by atoms with van der Waals surface area (Å²) < 4.78 is 5.76. The molecule has 0 aliphatic rings. The number of halogens is 1. The summed E-state index contributed by atoms with van der Waals surface area (Å²) in [5.41, 5.74) is 0. The highest BCUT2D eigenvalue weighted by molar-refractivity contribution is 6.30. The minimum atomic E-state index is 0.394. The highest BCUT2D eigenvalue weighted by atomic mass is 35.5. The monoisotopic (exact) mass is 255 g/mol. The Morgan fingerprint density at radius 3 is 2.41 bits per heavy atom. The first-order chi connectivity index (χ1) is 8.13. The van der Waals surface area contributed by atoms with Crippen molar-refractivity contribution in [1.29, 1.82) is 0 Å². The highest BCUT2D eigenvalue weighted by Crippen LogP contribution is 2.16. The standard InChI is InChI=1S/C14H22ClNO/c1-4-9-16-14(11(2)3)10-17-13-7-5-12(15)6-8-13/h5-8,11,14,16H,4,9-10H2,1-3H3. The van der Waals surface area contributed by atoms with Crippen molar-refractivity contribution in [2.75, 3.05) is 13.2 Å². The van der Waals surface area contributed by atoms with Crippen LogP contribution in [-0.2, 0) is 0 Å². The van der Waals surface area contributed by atoms with E-state index in [4.69, 9.17) is 16.3 Å². The number of hydrogen-bond acceptors (Lipinski definition) is 2. The van der Waals surface area contributed by atoms with Crippen molar-refractivity contribution in [3.05, 3.63) is 29.3 Å². The lowest BCUT2D eigenvalue weighted by molar-refractivity contribution is 0.230. The molecule has 0 aliphatic heterocycles. The van der Waals surface area contributed by atoms with E-state index < -0.39 is 0 Å². The maximum absolute atomic E-state index is 5.83. The van der Waals surface area contributed by atoms with Crippen molar-refractivity contribution in [1.82, 2.24) is 5.32 Å². The molecular weight excluding hydrogens is 234 g/mol. The largest absolute Gasteiger partial charge is 0.492 e. The van der Waals surface area contributed by atoms with Gasteiger partial charge in [0.1, 0.15) is 12.4 Å². The van der Waals surface area contributed by atoms with Gasteiger partial charge in [-0.05, 0) is 43.1 Å². The Labute approximate surface area is 109 Å². The number of hydrogen-bond donors (Lipinski definition) is 1. The molecule has 1 aromatic rings. The topological polar surface area (TPSA) is 21.3 Å². The molecule has 0 spiro atoms. The number of benzene rings is 1. The van der Waals surface area contributed by atoms with Crippen molar-refractivity contribution in [3.8, 4) is 5.75 Å². The van der Waals surface area contributed by atoms with Crippen LogP contribution in [0.1, 0.15) is 27.2 Å². The molecule has 1 unspecified atom stereocenters. The van der Waals surface area contributed by atoms with Gasteiger partial charge in [0.05, 0.1) is 0 Å². The number of ether oxygens (including phenoxy) is 1. The highest BCUT2D eigenvalue weighted by Gasteiger charge is 2.12. The fourth-order valence-electron chi connectivity index (χ4n) is 1.53. The van der Waals surface area contributed by atoms with Crippen molar-refractivity contribution in [2.24, 2.45) is 5.92 Å². The zero-order chi connectivity index (χ0) is 12.7. The molecule has 0 radical (unpaired) electrons. The van der Waals surface area contributed by atoms with Gasteiger partial charge < -0.3 is 10.1 Å². The summed E-state index contributed by atoms with van der Waals surface area (Å²) in [4.78, 5) is 0. The second-order valence-electron chi connectivity index (χ2n) is 4.57. The molecule has 0 heterocycles. The van der Waals surface area contributed by atoms with Crippen molar-refractivity contribution in [2.45, 2.75) is 33.2 Å². The van der Waals surface area contributed by atoms with Gasteiger partial charge in [0, 0.05) is 11.1 Å². The van der Waals surface area contributed by atoms with Gasteiger partial charge in [0.25, 0.3) is 0 Å². The Kier molecular flexibility index (Phi) is 6.38. The Balaban J connectivity index is 2.43. The predicted octanol–water partition coefficient (Wildman–Crippen LogP) is 3.74. The summed E-state index contributed by atoms with van der Waals surface area (Å²) in [7, 11) is 0. The maximum atomic E-state index is 5.83. The van der Waals surface area contributed by atoms with Crippen LogP contribution in [-0.4, -0.2) is 19.2 Å². The lowest BCUT2D eigenvalue weighted by Gasteiger charge is -2.22. The molecule has 17 heavy (non-hydrogen) atoms. The summed E-state index contributed by atoms with van der Waals surface area (Å²) in [6.45, 7) is 8.31. The lowest BCUT2D eigenvalue weighted by Crippen LogP contribution is -2.39. The molecule has 96 valence electrons. The van der Waals surface area contributed by atoms with Crippen LogP contribution >= 0.6 is 11.6 Å². The summed E-state index contributed by atoms with van der Waals surface area (Å²) in [6, 6.07) is 7.89. The third-order valence-corrected chi connectivity index (χ3v) is 2.96. The van der Waals surface area contributed by atoms with Gasteiger partial charge in [-0.2, -0.15) is 0 Å². The van der Waals surface area contributed by atoms with E-state index in [1.54, 1.807) is 0 Å². The molecule has 1 rings (SSSR count). The minimum Gasteiger partial charge on any atom is -0.492 e. The van der Waals surface area contributed by atoms with Crippen LogP contribution in [0.25, 0.3) is 0 Å². The summed E-state index contributed by atoms with van der Waals surface area (Å²) in [5.74, 6) is 1.44. The van der Waals surface area contributed by atoms with Crippen molar-refractivity contribution in [3.63, 3.8) is 0 Å². The first kappa shape index (κ1) is 14.3. The van der Waals surface area contributed by atoms with E-state index in [0.717, 1.165) is 23.7 Å². The van der Waals surface area contributed by atoms with Crippen LogP contribution in [0.5, 0.6) is 5.75 Å². The van der Waals surface area contributed by atoms with Crippen LogP contribution in [0, 0.1) is 5.92 Å². The first-order valence-corrected chi connectivity index (χ1v) is 6.63. The Bertz CT molecular complexity index is 311. The van der Waals surface area contributed by atoms with E-state index in [1.165, 1.54) is 0 Å². The van der Waals surface area contributed by atoms with Gasteiger partial charge in [0.2, 0.25) is 0 Å². The van der Waals surface area contributed by atoms with Gasteiger partial charge in [-0.25, -0.2) is 0 Å². The average Bonchev–Trinajstić information content (AvgIpc) is 2.31. The van der Waals surface area contributed by atoms with E-state index in [0.29, 0.717) is 18.6 Å². The van der Waals surface area contributed by atoms with Crippen LogP contribution in [0.3, 0.4) is 0 Å². The molecule has 0 aromatic heterocycles. The quantitative estimate of drug-likeness (QED) is 0.801. The second kappa shape index (κ2) is 7.57. The maximum Gasteiger partial charge on any atom is 0.119 e. The van der Waals surface area contributed by atoms with E-state index >= 15 is 0 Å². The fourth-order valence-corrected chi connectivity index (χ4v) is 1.66. The van der Waals surface area contributed by atoms with Gasteiger partial charge in [-0.15, -0.1) is 0 Å². The van der Waals surface area contributed by atoms with E-state index in [1.807, 2.05) is 24.3 Å². The zero-order valence-electron chi connectivity index (χ0n) is 10.9. The van der Waals surface area contributed by atoms with Gasteiger partial charge in [0.15, 0.2) is 0 Å². The molecule has 2 nitrogen and oxygen atoms in total. The minimum absolute atomic E-state index is 0.394. The Morgan fingerprint density at radius 2 is 1.88 bits per heavy atom. The van der Waals surface area contributed by atoms with Crippen LogP contribution in [0.4, 0.5) is 0 Å². The molecule has 0 bridgehead atoms. The fraction of sp³-hybridized carbons (Fsp3) is 0.571. The molecule has 0 saturated carbocycles. The van der Waals surface area contributed by atoms with Crippen molar-refractivity contribution >= 4 is 11.6 Å². The van der Waals surface area contributed by atoms with E-state index in [9.17, 15) is 0 Å². The average molecular weight is 256 g/mol. The van der Waals surface area contributed by atoms with Crippen LogP contribution in [0.15, 0.2) is 24.3 Å². The van der Waals surface area contributed by atoms with Gasteiger partial charge >= 0.3 is 0 Å². The van der Waals surface area contributed by atoms with Crippen LogP contribution < -0.4 is 10.1 Å². The normalized spacial score (nSPS) is 12.8. The molecule has 0 amide bonds. The Hall–Kier alpha value is -0.730. The predicted molar refractivity (Wildman–Crippen MR) is 73.9 cm³/mol. The Morgan fingerprint density at radius 1 is 1.24 bits per heavy atom. The first-order valence-electron chi connectivity index (χ1n) is 6.25. The lowest BCUT2D eigenvalue weighted by atomic mass is 10.1. The van der Waals surface area contributed by atoms with E-state index in [2.05, 4.69) is 26.1 Å². The molecule has 0 fully saturated rings. The van der Waals surface area contributed by atoms with Crippen molar-refractivity contribution < 1.29 is 4.74 Å². The molecule has 0 saturated heterocycles. The summed E-state index contributed by atoms with van der Waals surface area (Å²) >= 11 is 5.83. The smallest absolute Gasteiger partial charge is 0.119 e. The molecule has 0 aliphatic carbocycles.